The van der Waals surface area contributed by atoms with Crippen LogP contribution in [-0.4, -0.2) is 12.6 Å². The molecule has 0 unspecified atom stereocenters. The average Bonchev–Trinajstić information content (AvgIpc) is 2.78. The van der Waals surface area contributed by atoms with Gasteiger partial charge in [0, 0.05) is 0 Å². The van der Waals surface area contributed by atoms with E-state index in [1.165, 1.54) is 57.8 Å². The third-order valence-electron chi connectivity index (χ3n) is 5.05. The van der Waals surface area contributed by atoms with Crippen molar-refractivity contribution in [2.45, 2.75) is 71.1 Å². The number of esters is 1. The summed E-state index contributed by atoms with van der Waals surface area (Å²) < 4.78 is 11.1. The van der Waals surface area contributed by atoms with Crippen molar-refractivity contribution in [2.75, 3.05) is 6.61 Å². The first-order valence-electron chi connectivity index (χ1n) is 11.2. The highest BCUT2D eigenvalue weighted by Crippen LogP contribution is 2.17. The lowest BCUT2D eigenvalue weighted by Crippen LogP contribution is -2.08. The third kappa shape index (κ3) is 9.13. The Morgan fingerprint density at radius 3 is 1.87 bits per heavy atom. The molecule has 30 heavy (non-hydrogen) atoms. The zero-order chi connectivity index (χ0) is 21.4. The molecule has 0 aromatic heterocycles. The van der Waals surface area contributed by atoms with E-state index >= 15 is 0 Å². The molecule has 0 atom stereocenters. The maximum Gasteiger partial charge on any atom is 0.343 e. The van der Waals surface area contributed by atoms with Gasteiger partial charge in [-0.15, -0.1) is 0 Å². The molecule has 0 amide bonds. The minimum absolute atomic E-state index is 0.417. The van der Waals surface area contributed by atoms with E-state index in [4.69, 9.17) is 14.7 Å². The van der Waals surface area contributed by atoms with Gasteiger partial charge in [-0.25, -0.2) is 4.79 Å². The summed E-state index contributed by atoms with van der Waals surface area (Å²) in [5, 5.41) is 8.80. The van der Waals surface area contributed by atoms with Gasteiger partial charge in [0.1, 0.15) is 11.5 Å². The van der Waals surface area contributed by atoms with Crippen molar-refractivity contribution in [3.63, 3.8) is 0 Å². The predicted molar refractivity (Wildman–Crippen MR) is 120 cm³/mol. The van der Waals surface area contributed by atoms with Gasteiger partial charge in [0.2, 0.25) is 0 Å². The van der Waals surface area contributed by atoms with E-state index in [0.717, 1.165) is 12.2 Å². The van der Waals surface area contributed by atoms with Crippen molar-refractivity contribution in [2.24, 2.45) is 0 Å². The summed E-state index contributed by atoms with van der Waals surface area (Å²) in [6.45, 7) is 2.95. The fourth-order valence-corrected chi connectivity index (χ4v) is 3.23. The fourth-order valence-electron chi connectivity index (χ4n) is 3.23. The molecule has 2 rings (SSSR count). The van der Waals surface area contributed by atoms with Crippen LogP contribution in [0.15, 0.2) is 48.5 Å². The zero-order valence-corrected chi connectivity index (χ0v) is 18.1. The second-order valence-electron chi connectivity index (χ2n) is 7.58. The Bertz CT molecular complexity index is 775. The molecule has 0 aliphatic carbocycles. The smallest absolute Gasteiger partial charge is 0.343 e. The number of ether oxygens (including phenoxy) is 2. The van der Waals surface area contributed by atoms with Gasteiger partial charge in [0.05, 0.1) is 23.8 Å². The number of nitrogens with zero attached hydrogens (tertiary/aromatic N) is 1. The van der Waals surface area contributed by atoms with E-state index in [9.17, 15) is 4.79 Å². The number of carbonyl (C=O) groups excluding carboxylic acids is 1. The van der Waals surface area contributed by atoms with Crippen molar-refractivity contribution >= 4 is 5.97 Å². The molecule has 0 radical (unpaired) electrons. The highest BCUT2D eigenvalue weighted by Gasteiger charge is 2.09. The molecule has 0 N–H and O–H groups in total. The summed E-state index contributed by atoms with van der Waals surface area (Å²) in [6, 6.07) is 15.5. The molecule has 2 aromatic rings. The molecular weight excluding hydrogens is 374 g/mol. The van der Waals surface area contributed by atoms with E-state index in [2.05, 4.69) is 6.92 Å². The van der Waals surface area contributed by atoms with E-state index in [1.807, 2.05) is 6.07 Å². The Morgan fingerprint density at radius 1 is 0.767 bits per heavy atom. The van der Waals surface area contributed by atoms with Crippen LogP contribution in [-0.2, 0) is 0 Å². The summed E-state index contributed by atoms with van der Waals surface area (Å²) in [7, 11) is 0. The van der Waals surface area contributed by atoms with Crippen LogP contribution >= 0.6 is 0 Å². The van der Waals surface area contributed by atoms with Crippen LogP contribution in [0.25, 0.3) is 0 Å². The molecular formula is C26H33NO3. The lowest BCUT2D eigenvalue weighted by molar-refractivity contribution is 0.0734. The second-order valence-corrected chi connectivity index (χ2v) is 7.58. The Hall–Kier alpha value is -2.80. The first-order valence-corrected chi connectivity index (χ1v) is 11.2. The molecule has 160 valence electrons. The quantitative estimate of drug-likeness (QED) is 0.191. The van der Waals surface area contributed by atoms with Gasteiger partial charge in [-0.2, -0.15) is 5.26 Å². The van der Waals surface area contributed by atoms with Crippen molar-refractivity contribution < 1.29 is 14.3 Å². The minimum Gasteiger partial charge on any atom is -0.494 e. The Balaban J connectivity index is 1.59. The highest BCUT2D eigenvalue weighted by atomic mass is 16.5. The summed E-state index contributed by atoms with van der Waals surface area (Å²) >= 11 is 0. The monoisotopic (exact) mass is 407 g/mol. The predicted octanol–water partition coefficient (Wildman–Crippen LogP) is 7.08. The van der Waals surface area contributed by atoms with Crippen molar-refractivity contribution in [1.82, 2.24) is 0 Å². The largest absolute Gasteiger partial charge is 0.494 e. The molecule has 4 nitrogen and oxygen atoms in total. The molecule has 4 heteroatoms. The Morgan fingerprint density at radius 2 is 1.30 bits per heavy atom. The van der Waals surface area contributed by atoms with Gasteiger partial charge in [0.25, 0.3) is 0 Å². The average molecular weight is 408 g/mol. The van der Waals surface area contributed by atoms with Gasteiger partial charge in [0.15, 0.2) is 0 Å². The van der Waals surface area contributed by atoms with Gasteiger partial charge in [-0.1, -0.05) is 64.7 Å². The summed E-state index contributed by atoms with van der Waals surface area (Å²) in [5.74, 6) is 0.752. The van der Waals surface area contributed by atoms with E-state index < -0.39 is 5.97 Å². The maximum atomic E-state index is 12.2. The number of hydrogen-bond donors (Lipinski definition) is 0. The number of carbonyl (C=O) groups is 1. The molecule has 0 saturated carbocycles. The van der Waals surface area contributed by atoms with Gasteiger partial charge in [-0.3, -0.25) is 0 Å². The van der Waals surface area contributed by atoms with Gasteiger partial charge >= 0.3 is 5.97 Å². The second kappa shape index (κ2) is 14.2. The first kappa shape index (κ1) is 23.5. The molecule has 0 aliphatic rings. The molecule has 0 aliphatic heterocycles. The van der Waals surface area contributed by atoms with E-state index in [-0.39, 0.29) is 0 Å². The van der Waals surface area contributed by atoms with E-state index in [1.54, 1.807) is 48.5 Å². The van der Waals surface area contributed by atoms with Crippen LogP contribution in [0.2, 0.25) is 0 Å². The Kier molecular flexibility index (Phi) is 11.1. The topological polar surface area (TPSA) is 59.3 Å². The van der Waals surface area contributed by atoms with Crippen LogP contribution in [0, 0.1) is 11.3 Å². The number of nitriles is 1. The normalized spacial score (nSPS) is 10.4. The summed E-state index contributed by atoms with van der Waals surface area (Å²) in [6.07, 6.45) is 13.0. The molecule has 2 aromatic carbocycles. The van der Waals surface area contributed by atoms with Crippen molar-refractivity contribution in [3.8, 4) is 17.6 Å². The SMILES string of the molecule is CCCCCCCCCCCCOc1ccc(C(=O)Oc2ccc(C#N)cc2)cc1. The number of unbranched alkanes of at least 4 members (excludes halogenated alkanes) is 9. The van der Waals surface area contributed by atoms with Crippen molar-refractivity contribution in [3.05, 3.63) is 59.7 Å². The molecule has 0 bridgehead atoms. The standard InChI is InChI=1S/C26H33NO3/c1-2-3-4-5-6-7-8-9-10-11-20-29-24-18-14-23(15-19-24)26(28)30-25-16-12-22(21-27)13-17-25/h12-19H,2-11,20H2,1H3. The van der Waals surface area contributed by atoms with Crippen LogP contribution < -0.4 is 9.47 Å². The Labute approximate surface area is 180 Å². The lowest BCUT2D eigenvalue weighted by Gasteiger charge is -2.08. The van der Waals surface area contributed by atoms with Crippen LogP contribution in [0.3, 0.4) is 0 Å². The van der Waals surface area contributed by atoms with Gasteiger partial charge in [-0.05, 0) is 55.0 Å². The number of benzene rings is 2. The van der Waals surface area contributed by atoms with Crippen LogP contribution in [0.1, 0.15) is 87.1 Å². The number of rotatable bonds is 14. The van der Waals surface area contributed by atoms with E-state index in [0.29, 0.717) is 23.5 Å². The van der Waals surface area contributed by atoms with Gasteiger partial charge < -0.3 is 9.47 Å². The summed E-state index contributed by atoms with van der Waals surface area (Å²) in [4.78, 5) is 12.2. The summed E-state index contributed by atoms with van der Waals surface area (Å²) in [5.41, 5.74) is 0.990. The van der Waals surface area contributed by atoms with Crippen molar-refractivity contribution in [1.29, 1.82) is 5.26 Å². The first-order chi connectivity index (χ1) is 14.7. The molecule has 0 heterocycles. The maximum absolute atomic E-state index is 12.2. The highest BCUT2D eigenvalue weighted by molar-refractivity contribution is 5.91. The van der Waals surface area contributed by atoms with Crippen LogP contribution in [0.5, 0.6) is 11.5 Å². The zero-order valence-electron chi connectivity index (χ0n) is 18.1. The molecule has 0 spiro atoms. The third-order valence-corrected chi connectivity index (χ3v) is 5.05. The minimum atomic E-state index is -0.430. The number of hydrogen-bond acceptors (Lipinski definition) is 4. The molecule has 0 saturated heterocycles. The molecule has 0 fully saturated rings. The lowest BCUT2D eigenvalue weighted by atomic mass is 10.1. The van der Waals surface area contributed by atoms with Crippen LogP contribution in [0.4, 0.5) is 0 Å². The fraction of sp³-hybridized carbons (Fsp3) is 0.462.